The number of carbonyl (C=O) groups excluding carboxylic acids is 1. The summed E-state index contributed by atoms with van der Waals surface area (Å²) in [5, 5.41) is 19.8. The van der Waals surface area contributed by atoms with Crippen molar-refractivity contribution in [3.63, 3.8) is 0 Å². The van der Waals surface area contributed by atoms with Crippen LogP contribution in [-0.2, 0) is 19.6 Å². The number of aromatic hydroxyl groups is 1. The second-order valence-corrected chi connectivity index (χ2v) is 5.51. The number of carbonyl (C=O) groups is 1. The normalized spacial score (nSPS) is 11.1. The van der Waals surface area contributed by atoms with Crippen molar-refractivity contribution < 1.29 is 28.0 Å². The van der Waals surface area contributed by atoms with Crippen molar-refractivity contribution in [3.8, 4) is 5.75 Å². The van der Waals surface area contributed by atoms with Crippen LogP contribution >= 0.6 is 11.6 Å². The molecule has 0 aromatic heterocycles. The monoisotopic (exact) mass is 324 g/mol. The Morgan fingerprint density at radius 3 is 2.65 bits per heavy atom. The Morgan fingerprint density at radius 1 is 1.55 bits per heavy atom. The van der Waals surface area contributed by atoms with E-state index in [1.165, 1.54) is 0 Å². The van der Waals surface area contributed by atoms with Crippen LogP contribution in [0.2, 0.25) is 5.02 Å². The highest BCUT2D eigenvalue weighted by Crippen LogP contribution is 2.37. The second kappa shape index (κ2) is 6.03. The fraction of sp³-hybridized carbons (Fsp3) is 0.222. The van der Waals surface area contributed by atoms with Crippen LogP contribution in [0.3, 0.4) is 0 Å². The van der Waals surface area contributed by atoms with Gasteiger partial charge in [0, 0.05) is 6.07 Å². The summed E-state index contributed by atoms with van der Waals surface area (Å²) in [5.74, 6) is -1.99. The molecule has 0 amide bonds. The number of phenolic OH excluding ortho intramolecular Hbond substituents is 1. The van der Waals surface area contributed by atoms with Crippen molar-refractivity contribution in [1.82, 2.24) is 4.72 Å². The number of nitrogens with zero attached hydrogens (tertiary/aromatic N) is 1. The van der Waals surface area contributed by atoms with Gasteiger partial charge in [0.2, 0.25) is 15.8 Å². The summed E-state index contributed by atoms with van der Waals surface area (Å²) in [6.07, 6.45) is 0. The van der Waals surface area contributed by atoms with E-state index in [0.29, 0.717) is 0 Å². The number of hydrogen-bond donors (Lipinski definition) is 2. The number of nitro groups is 1. The highest BCUT2D eigenvalue weighted by atomic mass is 35.5. The zero-order chi connectivity index (χ0) is 15.5. The van der Waals surface area contributed by atoms with Crippen molar-refractivity contribution in [2.24, 2.45) is 0 Å². The second-order valence-electron chi connectivity index (χ2n) is 3.40. The molecule has 1 aromatic rings. The average molecular weight is 325 g/mol. The van der Waals surface area contributed by atoms with Gasteiger partial charge in [-0.05, 0) is 6.07 Å². The summed E-state index contributed by atoms with van der Waals surface area (Å²) in [5.41, 5.74) is -0.826. The van der Waals surface area contributed by atoms with Crippen LogP contribution in [0.4, 0.5) is 5.69 Å². The van der Waals surface area contributed by atoms with Crippen LogP contribution in [0.1, 0.15) is 0 Å². The summed E-state index contributed by atoms with van der Waals surface area (Å²) in [6, 6.07) is 1.81. The van der Waals surface area contributed by atoms with E-state index in [4.69, 9.17) is 11.6 Å². The van der Waals surface area contributed by atoms with E-state index in [1.54, 1.807) is 4.72 Å². The Balaban J connectivity index is 3.27. The summed E-state index contributed by atoms with van der Waals surface area (Å²) in [4.78, 5) is 19.7. The van der Waals surface area contributed by atoms with Crippen LogP contribution in [-0.4, -0.2) is 38.1 Å². The molecule has 0 aliphatic rings. The Bertz CT molecular complexity index is 659. The zero-order valence-corrected chi connectivity index (χ0v) is 11.6. The van der Waals surface area contributed by atoms with Gasteiger partial charge in [0.1, 0.15) is 11.4 Å². The van der Waals surface area contributed by atoms with Gasteiger partial charge in [-0.25, -0.2) is 8.42 Å². The fourth-order valence-corrected chi connectivity index (χ4v) is 2.83. The third kappa shape index (κ3) is 3.35. The van der Waals surface area contributed by atoms with Gasteiger partial charge >= 0.3 is 11.7 Å². The van der Waals surface area contributed by atoms with Gasteiger partial charge in [0.05, 0.1) is 17.1 Å². The first-order valence-corrected chi connectivity index (χ1v) is 6.79. The quantitative estimate of drug-likeness (QED) is 0.454. The molecule has 0 aliphatic carbocycles. The predicted molar refractivity (Wildman–Crippen MR) is 67.0 cm³/mol. The summed E-state index contributed by atoms with van der Waals surface area (Å²) in [6.45, 7) is -0.711. The zero-order valence-electron chi connectivity index (χ0n) is 9.99. The molecule has 0 aliphatic heterocycles. The standard InChI is InChI=1S/C9H9ClN2O7S/c1-19-7(13)4-11-20(17,18)9-5(10)2-3-6(8(9)14)12(15)16/h2-3,11,14H,4H2,1H3. The van der Waals surface area contributed by atoms with Gasteiger partial charge in [-0.2, -0.15) is 4.72 Å². The summed E-state index contributed by atoms with van der Waals surface area (Å²) < 4.78 is 29.8. The van der Waals surface area contributed by atoms with E-state index < -0.39 is 48.8 Å². The smallest absolute Gasteiger partial charge is 0.320 e. The highest BCUT2D eigenvalue weighted by Gasteiger charge is 2.29. The minimum atomic E-state index is -4.42. The van der Waals surface area contributed by atoms with Crippen LogP contribution in [0.25, 0.3) is 0 Å². The van der Waals surface area contributed by atoms with E-state index in [-0.39, 0.29) is 0 Å². The SMILES string of the molecule is COC(=O)CNS(=O)(=O)c1c(Cl)ccc([N+](=O)[O-])c1O. The molecular weight excluding hydrogens is 316 g/mol. The predicted octanol–water partition coefficient (Wildman–Crippen LogP) is 0.405. The van der Waals surface area contributed by atoms with Crippen molar-refractivity contribution in [2.75, 3.05) is 13.7 Å². The number of benzene rings is 1. The summed E-state index contributed by atoms with van der Waals surface area (Å²) >= 11 is 5.62. The van der Waals surface area contributed by atoms with Crippen molar-refractivity contribution in [3.05, 3.63) is 27.3 Å². The number of rotatable bonds is 5. The van der Waals surface area contributed by atoms with E-state index in [0.717, 1.165) is 19.2 Å². The van der Waals surface area contributed by atoms with Crippen LogP contribution in [0.5, 0.6) is 5.75 Å². The van der Waals surface area contributed by atoms with Gasteiger partial charge < -0.3 is 9.84 Å². The third-order valence-corrected chi connectivity index (χ3v) is 4.06. The van der Waals surface area contributed by atoms with E-state index >= 15 is 0 Å². The molecule has 1 rings (SSSR count). The van der Waals surface area contributed by atoms with Gasteiger partial charge in [0.15, 0.2) is 0 Å². The molecule has 1 aromatic carbocycles. The van der Waals surface area contributed by atoms with Crippen LogP contribution in [0, 0.1) is 10.1 Å². The van der Waals surface area contributed by atoms with Crippen LogP contribution < -0.4 is 4.72 Å². The molecule has 0 bridgehead atoms. The highest BCUT2D eigenvalue weighted by molar-refractivity contribution is 7.89. The maximum Gasteiger partial charge on any atom is 0.320 e. The molecule has 2 N–H and O–H groups in total. The first kappa shape index (κ1) is 16.1. The average Bonchev–Trinajstić information content (AvgIpc) is 2.35. The molecule has 0 fully saturated rings. The maximum atomic E-state index is 11.9. The molecule has 0 radical (unpaired) electrons. The Morgan fingerprint density at radius 2 is 2.15 bits per heavy atom. The van der Waals surface area contributed by atoms with E-state index in [9.17, 15) is 28.4 Å². The third-order valence-electron chi connectivity index (χ3n) is 2.16. The maximum absolute atomic E-state index is 11.9. The molecule has 0 saturated carbocycles. The number of nitro benzene ring substituents is 1. The lowest BCUT2D eigenvalue weighted by atomic mass is 10.3. The molecule has 20 heavy (non-hydrogen) atoms. The largest absolute Gasteiger partial charge is 0.501 e. The number of esters is 1. The molecule has 0 spiro atoms. The molecule has 11 heteroatoms. The Hall–Kier alpha value is -1.91. The lowest BCUT2D eigenvalue weighted by Gasteiger charge is -2.09. The lowest BCUT2D eigenvalue weighted by molar-refractivity contribution is -0.386. The first-order valence-electron chi connectivity index (χ1n) is 4.93. The number of hydrogen-bond acceptors (Lipinski definition) is 7. The topological polar surface area (TPSA) is 136 Å². The van der Waals surface area contributed by atoms with Crippen molar-refractivity contribution in [2.45, 2.75) is 4.90 Å². The lowest BCUT2D eigenvalue weighted by Crippen LogP contribution is -2.30. The fourth-order valence-electron chi connectivity index (χ4n) is 1.24. The molecule has 0 atom stereocenters. The van der Waals surface area contributed by atoms with E-state index in [2.05, 4.69) is 4.74 Å². The minimum absolute atomic E-state index is 0.425. The molecule has 0 heterocycles. The van der Waals surface area contributed by atoms with Crippen molar-refractivity contribution >= 4 is 33.3 Å². The number of nitrogens with one attached hydrogen (secondary N) is 1. The van der Waals surface area contributed by atoms with Gasteiger partial charge in [-0.1, -0.05) is 11.6 Å². The number of methoxy groups -OCH3 is 1. The van der Waals surface area contributed by atoms with E-state index in [1.807, 2.05) is 0 Å². The van der Waals surface area contributed by atoms with Crippen LogP contribution in [0.15, 0.2) is 17.0 Å². The van der Waals surface area contributed by atoms with Crippen molar-refractivity contribution in [1.29, 1.82) is 0 Å². The Kier molecular flexibility index (Phi) is 4.87. The number of halogens is 1. The summed E-state index contributed by atoms with van der Waals surface area (Å²) in [7, 11) is -3.37. The number of phenols is 1. The number of sulfonamides is 1. The van der Waals surface area contributed by atoms with Gasteiger partial charge in [-0.15, -0.1) is 0 Å². The first-order chi connectivity index (χ1) is 9.20. The Labute approximate surface area is 118 Å². The minimum Gasteiger partial charge on any atom is -0.501 e. The molecule has 0 saturated heterocycles. The van der Waals surface area contributed by atoms with Gasteiger partial charge in [0.25, 0.3) is 0 Å². The van der Waals surface area contributed by atoms with Gasteiger partial charge in [-0.3, -0.25) is 14.9 Å². The number of ether oxygens (including phenoxy) is 1. The molecule has 9 nitrogen and oxygen atoms in total. The molecule has 0 unspecified atom stereocenters. The molecule has 110 valence electrons. The molecular formula is C9H9ClN2O7S.